The summed E-state index contributed by atoms with van der Waals surface area (Å²) in [6, 6.07) is 8.24. The first-order valence-electron chi connectivity index (χ1n) is 9.88. The molecule has 8 heteroatoms. The Morgan fingerprint density at radius 1 is 1.10 bits per heavy atom. The third-order valence-electron chi connectivity index (χ3n) is 6.42. The van der Waals surface area contributed by atoms with Crippen LogP contribution in [0.3, 0.4) is 0 Å². The van der Waals surface area contributed by atoms with Gasteiger partial charge in [-0.15, -0.1) is 8.78 Å². The number of aromatic nitrogens is 2. The molecular formula is C22H18F2N2O4. The lowest BCUT2D eigenvalue weighted by molar-refractivity contribution is -0.286. The van der Waals surface area contributed by atoms with E-state index in [4.69, 9.17) is 4.74 Å². The average molecular weight is 412 g/mol. The van der Waals surface area contributed by atoms with Crippen LogP contribution >= 0.6 is 0 Å². The number of aromatic amines is 1. The van der Waals surface area contributed by atoms with E-state index in [-0.39, 0.29) is 22.8 Å². The minimum Gasteiger partial charge on any atom is -0.407 e. The highest BCUT2D eigenvalue weighted by atomic mass is 19.3. The van der Waals surface area contributed by atoms with Crippen LogP contribution in [-0.2, 0) is 15.6 Å². The van der Waals surface area contributed by atoms with Crippen LogP contribution < -0.4 is 14.2 Å². The Balaban J connectivity index is 1.25. The quantitative estimate of drug-likeness (QED) is 0.636. The molecule has 6 rings (SSSR count). The molecule has 0 spiro atoms. The number of alkyl halides is 2. The molecule has 2 aliphatic carbocycles. The molecule has 0 saturated heterocycles. The van der Waals surface area contributed by atoms with Gasteiger partial charge in [0, 0.05) is 22.6 Å². The summed E-state index contributed by atoms with van der Waals surface area (Å²) in [5.41, 5.74) is 1.95. The fourth-order valence-electron chi connectivity index (χ4n) is 4.02. The first-order chi connectivity index (χ1) is 14.3. The van der Waals surface area contributed by atoms with Gasteiger partial charge in [-0.25, -0.2) is 4.98 Å². The summed E-state index contributed by atoms with van der Waals surface area (Å²) in [6.07, 6.45) is 1.41. The van der Waals surface area contributed by atoms with Crippen LogP contribution in [0.1, 0.15) is 43.9 Å². The molecular weight excluding hydrogens is 394 g/mol. The van der Waals surface area contributed by atoms with Gasteiger partial charge in [-0.1, -0.05) is 13.0 Å². The molecule has 3 aromatic rings. The van der Waals surface area contributed by atoms with Crippen molar-refractivity contribution >= 4 is 16.9 Å². The Morgan fingerprint density at radius 3 is 2.60 bits per heavy atom. The van der Waals surface area contributed by atoms with E-state index in [2.05, 4.69) is 32.4 Å². The topological polar surface area (TPSA) is 73.4 Å². The smallest absolute Gasteiger partial charge is 0.407 e. The number of nitrogens with zero attached hydrogens (tertiary/aromatic N) is 1. The van der Waals surface area contributed by atoms with Crippen molar-refractivity contribution in [2.24, 2.45) is 0 Å². The fraction of sp³-hybridized carbons (Fsp3) is 0.364. The molecule has 0 radical (unpaired) electrons. The van der Waals surface area contributed by atoms with E-state index < -0.39 is 17.7 Å². The van der Waals surface area contributed by atoms with Gasteiger partial charge < -0.3 is 19.2 Å². The molecule has 2 fully saturated rings. The summed E-state index contributed by atoms with van der Waals surface area (Å²) in [5, 5.41) is 0.936. The molecule has 0 amide bonds. The van der Waals surface area contributed by atoms with Gasteiger partial charge in [0.2, 0.25) is 5.88 Å². The van der Waals surface area contributed by atoms with Gasteiger partial charge in [-0.05, 0) is 49.4 Å². The van der Waals surface area contributed by atoms with Gasteiger partial charge in [0.15, 0.2) is 11.5 Å². The maximum Gasteiger partial charge on any atom is 0.586 e. The zero-order chi connectivity index (χ0) is 20.7. The van der Waals surface area contributed by atoms with E-state index >= 15 is 0 Å². The predicted molar refractivity (Wildman–Crippen MR) is 102 cm³/mol. The molecule has 1 aliphatic heterocycles. The Kier molecular flexibility index (Phi) is 3.24. The summed E-state index contributed by atoms with van der Waals surface area (Å²) >= 11 is 0. The van der Waals surface area contributed by atoms with E-state index in [1.54, 1.807) is 18.3 Å². The lowest BCUT2D eigenvalue weighted by Crippen LogP contribution is -2.26. The molecule has 154 valence electrons. The number of pyridine rings is 1. The number of hydrogen-bond donors (Lipinski definition) is 1. The average Bonchev–Trinajstić information content (AvgIpc) is 3.58. The molecule has 3 heterocycles. The van der Waals surface area contributed by atoms with Gasteiger partial charge in [-0.2, -0.15) is 0 Å². The van der Waals surface area contributed by atoms with Gasteiger partial charge in [0.25, 0.3) is 0 Å². The number of carbonyl (C=O) groups is 1. The number of benzene rings is 1. The summed E-state index contributed by atoms with van der Waals surface area (Å²) in [7, 11) is 0. The zero-order valence-electron chi connectivity index (χ0n) is 16.1. The number of nitrogens with one attached hydrogen (secondary N) is 1. The van der Waals surface area contributed by atoms with Crippen LogP contribution in [0.4, 0.5) is 8.78 Å². The second-order valence-corrected chi connectivity index (χ2v) is 8.65. The van der Waals surface area contributed by atoms with Gasteiger partial charge in [0.05, 0.1) is 17.1 Å². The molecule has 1 N–H and O–H groups in total. The fourth-order valence-corrected chi connectivity index (χ4v) is 4.02. The van der Waals surface area contributed by atoms with Crippen LogP contribution in [0, 0.1) is 0 Å². The van der Waals surface area contributed by atoms with Gasteiger partial charge >= 0.3 is 12.3 Å². The van der Waals surface area contributed by atoms with E-state index in [1.165, 1.54) is 17.8 Å². The normalized spacial score (nSPS) is 21.4. The highest BCUT2D eigenvalue weighted by molar-refractivity contribution is 5.89. The van der Waals surface area contributed by atoms with Crippen molar-refractivity contribution in [2.75, 3.05) is 0 Å². The van der Waals surface area contributed by atoms with E-state index in [0.29, 0.717) is 18.4 Å². The lowest BCUT2D eigenvalue weighted by Gasteiger charge is -2.14. The van der Waals surface area contributed by atoms with Gasteiger partial charge in [0.1, 0.15) is 0 Å². The second kappa shape index (κ2) is 5.50. The molecule has 2 saturated carbocycles. The Hall–Kier alpha value is -3.16. The SMILES string of the molecule is CC1(c2cc3cc(OC(=O)C4(c5ccc6c(c5)OC(F)(F)O6)CC4)ncc3[nH]2)CC1. The van der Waals surface area contributed by atoms with E-state index in [0.717, 1.165) is 23.7 Å². The number of rotatable bonds is 4. The highest BCUT2D eigenvalue weighted by Crippen LogP contribution is 2.52. The monoisotopic (exact) mass is 412 g/mol. The molecule has 3 aliphatic rings. The molecule has 2 aromatic heterocycles. The van der Waals surface area contributed by atoms with Crippen LogP contribution in [0.2, 0.25) is 0 Å². The molecule has 0 unspecified atom stereocenters. The number of hydrogen-bond acceptors (Lipinski definition) is 5. The van der Waals surface area contributed by atoms with Crippen LogP contribution in [0.5, 0.6) is 17.4 Å². The molecule has 0 atom stereocenters. The van der Waals surface area contributed by atoms with Crippen LogP contribution in [0.25, 0.3) is 10.9 Å². The molecule has 0 bridgehead atoms. The Morgan fingerprint density at radius 2 is 1.87 bits per heavy atom. The van der Waals surface area contributed by atoms with Crippen molar-refractivity contribution in [3.05, 3.63) is 47.8 Å². The summed E-state index contributed by atoms with van der Waals surface area (Å²) < 4.78 is 41.1. The first-order valence-corrected chi connectivity index (χ1v) is 9.88. The number of halogens is 2. The summed E-state index contributed by atoms with van der Waals surface area (Å²) in [5.74, 6) is -0.361. The lowest BCUT2D eigenvalue weighted by atomic mass is 9.96. The molecule has 30 heavy (non-hydrogen) atoms. The Bertz CT molecular complexity index is 1210. The minimum absolute atomic E-state index is 0.0485. The van der Waals surface area contributed by atoms with E-state index in [1.807, 2.05) is 0 Å². The van der Waals surface area contributed by atoms with E-state index in [9.17, 15) is 13.6 Å². The third kappa shape index (κ3) is 2.66. The standard InChI is InChI=1S/C22H18F2N2O4/c1-20(4-5-20)17-8-12-9-18(25-11-14(12)26-17)28-19(27)21(6-7-21)13-2-3-15-16(10-13)30-22(23,24)29-15/h2-3,8-11,26H,4-7H2,1H3. The van der Waals surface area contributed by atoms with Crippen molar-refractivity contribution in [1.82, 2.24) is 9.97 Å². The molecule has 1 aromatic carbocycles. The highest BCUT2D eigenvalue weighted by Gasteiger charge is 2.54. The number of esters is 1. The largest absolute Gasteiger partial charge is 0.586 e. The van der Waals surface area contributed by atoms with Crippen molar-refractivity contribution in [3.8, 4) is 17.4 Å². The number of carbonyl (C=O) groups excluding carboxylic acids is 1. The van der Waals surface area contributed by atoms with Crippen LogP contribution in [0.15, 0.2) is 36.5 Å². The number of ether oxygens (including phenoxy) is 3. The minimum atomic E-state index is -3.69. The van der Waals surface area contributed by atoms with Crippen molar-refractivity contribution in [2.45, 2.75) is 49.7 Å². The summed E-state index contributed by atoms with van der Waals surface area (Å²) in [4.78, 5) is 20.6. The Labute approximate surface area is 170 Å². The maximum atomic E-state index is 13.3. The summed E-state index contributed by atoms with van der Waals surface area (Å²) in [6.45, 7) is 2.21. The number of H-pyrrole nitrogens is 1. The van der Waals surface area contributed by atoms with Gasteiger partial charge in [-0.3, -0.25) is 4.79 Å². The predicted octanol–water partition coefficient (Wildman–Crippen LogP) is 4.57. The molecule has 6 nitrogen and oxygen atoms in total. The number of fused-ring (bicyclic) bond motifs is 2. The van der Waals surface area contributed by atoms with Crippen molar-refractivity contribution in [1.29, 1.82) is 0 Å². The zero-order valence-corrected chi connectivity index (χ0v) is 16.1. The maximum absolute atomic E-state index is 13.3. The second-order valence-electron chi connectivity index (χ2n) is 8.65. The van der Waals surface area contributed by atoms with Crippen molar-refractivity contribution in [3.63, 3.8) is 0 Å². The van der Waals surface area contributed by atoms with Crippen LogP contribution in [-0.4, -0.2) is 22.2 Å². The van der Waals surface area contributed by atoms with Crippen molar-refractivity contribution < 1.29 is 27.8 Å². The third-order valence-corrected chi connectivity index (χ3v) is 6.42. The first kappa shape index (κ1) is 17.7.